The normalized spacial score (nSPS) is 17.4. The zero-order valence-corrected chi connectivity index (χ0v) is 19.3. The Morgan fingerprint density at radius 2 is 1.76 bits per heavy atom. The Kier molecular flexibility index (Phi) is 6.14. The van der Waals surface area contributed by atoms with Gasteiger partial charge >= 0.3 is 0 Å². The molecule has 1 saturated heterocycles. The number of piperazine rings is 1. The average Bonchev–Trinajstić information content (AvgIpc) is 3.68. The van der Waals surface area contributed by atoms with Gasteiger partial charge in [-0.05, 0) is 48.6 Å². The number of nitrogens with one attached hydrogen (secondary N) is 1. The molecule has 3 aromatic rings. The minimum atomic E-state index is -3.60. The van der Waals surface area contributed by atoms with E-state index in [1.807, 2.05) is 12.3 Å². The van der Waals surface area contributed by atoms with Gasteiger partial charge in [-0.25, -0.2) is 13.1 Å². The summed E-state index contributed by atoms with van der Waals surface area (Å²) in [7, 11) is -3.60. The fourth-order valence-corrected chi connectivity index (χ4v) is 5.42. The molecule has 2 aromatic carbocycles. The zero-order chi connectivity index (χ0) is 22.8. The van der Waals surface area contributed by atoms with Gasteiger partial charge in [-0.2, -0.15) is 0 Å². The van der Waals surface area contributed by atoms with Gasteiger partial charge in [-0.3, -0.25) is 14.7 Å². The summed E-state index contributed by atoms with van der Waals surface area (Å²) in [6.45, 7) is 3.99. The Morgan fingerprint density at radius 1 is 1.00 bits per heavy atom. The fourth-order valence-electron chi connectivity index (χ4n) is 4.26. The van der Waals surface area contributed by atoms with Gasteiger partial charge in [0.15, 0.2) is 0 Å². The van der Waals surface area contributed by atoms with Crippen LogP contribution < -0.4 is 4.72 Å². The molecule has 7 nitrogen and oxygen atoms in total. The first-order chi connectivity index (χ1) is 16.0. The number of rotatable bonds is 7. The number of hydrogen-bond acceptors (Lipinski definition) is 5. The van der Waals surface area contributed by atoms with Crippen LogP contribution in [0, 0.1) is 5.92 Å². The number of amides is 1. The number of pyridine rings is 1. The van der Waals surface area contributed by atoms with Gasteiger partial charge in [-0.1, -0.05) is 30.3 Å². The Morgan fingerprint density at radius 3 is 2.55 bits per heavy atom. The summed E-state index contributed by atoms with van der Waals surface area (Å²) in [6.07, 6.45) is 3.96. The number of aromatic nitrogens is 1. The van der Waals surface area contributed by atoms with E-state index >= 15 is 0 Å². The maximum absolute atomic E-state index is 13.1. The van der Waals surface area contributed by atoms with E-state index in [0.717, 1.165) is 43.4 Å². The van der Waals surface area contributed by atoms with Crippen molar-refractivity contribution in [3.8, 4) is 0 Å². The molecule has 2 aliphatic rings. The number of carbonyl (C=O) groups excluding carboxylic acids is 1. The van der Waals surface area contributed by atoms with E-state index in [-0.39, 0.29) is 10.8 Å². The first-order valence-corrected chi connectivity index (χ1v) is 12.9. The van der Waals surface area contributed by atoms with Crippen molar-refractivity contribution in [2.24, 2.45) is 5.92 Å². The van der Waals surface area contributed by atoms with Gasteiger partial charge in [0.1, 0.15) is 0 Å². The van der Waals surface area contributed by atoms with Crippen molar-refractivity contribution in [2.75, 3.05) is 32.7 Å². The SMILES string of the molecule is O=C(c1cccc(S(=O)(=O)NCC2CC2)c1)N1CCN(Cc2cccc3cccnc23)CC1. The quantitative estimate of drug-likeness (QED) is 0.581. The minimum Gasteiger partial charge on any atom is -0.336 e. The zero-order valence-electron chi connectivity index (χ0n) is 18.5. The molecule has 1 N–H and O–H groups in total. The second kappa shape index (κ2) is 9.21. The molecule has 0 unspecified atom stereocenters. The van der Waals surface area contributed by atoms with Crippen molar-refractivity contribution in [2.45, 2.75) is 24.3 Å². The molecule has 2 heterocycles. The van der Waals surface area contributed by atoms with Gasteiger partial charge in [-0.15, -0.1) is 0 Å². The van der Waals surface area contributed by atoms with Crippen molar-refractivity contribution in [3.05, 3.63) is 71.9 Å². The third-order valence-corrected chi connectivity index (χ3v) is 7.84. The first kappa shape index (κ1) is 22.0. The molecular weight excluding hydrogens is 436 g/mol. The molecule has 5 rings (SSSR count). The van der Waals surface area contributed by atoms with E-state index in [2.05, 4.69) is 38.9 Å². The summed E-state index contributed by atoms with van der Waals surface area (Å²) in [4.78, 5) is 21.9. The predicted molar refractivity (Wildman–Crippen MR) is 127 cm³/mol. The first-order valence-electron chi connectivity index (χ1n) is 11.4. The van der Waals surface area contributed by atoms with Crippen LogP contribution >= 0.6 is 0 Å². The standard InChI is InChI=1S/C25H28N4O3S/c30-25(21-5-2-8-23(16-21)33(31,32)27-17-19-9-10-19)29-14-12-28(13-15-29)18-22-6-1-4-20-7-3-11-26-24(20)22/h1-8,11,16,19,27H,9-10,12-15,17-18H2. The van der Waals surface area contributed by atoms with Crippen LogP contribution in [0.1, 0.15) is 28.8 Å². The van der Waals surface area contributed by atoms with Crippen molar-refractivity contribution in [1.82, 2.24) is 19.5 Å². The van der Waals surface area contributed by atoms with Crippen LogP contribution in [-0.4, -0.2) is 61.8 Å². The van der Waals surface area contributed by atoms with Crippen molar-refractivity contribution in [1.29, 1.82) is 0 Å². The topological polar surface area (TPSA) is 82.6 Å². The maximum Gasteiger partial charge on any atom is 0.253 e. The molecule has 1 saturated carbocycles. The molecule has 0 radical (unpaired) electrons. The van der Waals surface area contributed by atoms with Crippen LogP contribution in [0.15, 0.2) is 65.7 Å². The summed E-state index contributed by atoms with van der Waals surface area (Å²) < 4.78 is 27.8. The number of para-hydroxylation sites is 1. The van der Waals surface area contributed by atoms with Gasteiger partial charge in [0, 0.05) is 56.4 Å². The Balaban J connectivity index is 1.22. The van der Waals surface area contributed by atoms with Crippen LogP contribution in [0.2, 0.25) is 0 Å². The molecule has 1 aromatic heterocycles. The highest BCUT2D eigenvalue weighted by molar-refractivity contribution is 7.89. The molecule has 0 spiro atoms. The summed E-state index contributed by atoms with van der Waals surface area (Å²) in [5.74, 6) is 0.325. The summed E-state index contributed by atoms with van der Waals surface area (Å²) >= 11 is 0. The van der Waals surface area contributed by atoms with Crippen LogP contribution in [-0.2, 0) is 16.6 Å². The second-order valence-corrected chi connectivity index (χ2v) is 10.7. The van der Waals surface area contributed by atoms with E-state index in [0.29, 0.717) is 31.1 Å². The fraction of sp³-hybridized carbons (Fsp3) is 0.360. The lowest BCUT2D eigenvalue weighted by atomic mass is 10.1. The van der Waals surface area contributed by atoms with Crippen LogP contribution in [0.25, 0.3) is 10.9 Å². The summed E-state index contributed by atoms with van der Waals surface area (Å²) in [5.41, 5.74) is 2.62. The van der Waals surface area contributed by atoms with Crippen molar-refractivity contribution < 1.29 is 13.2 Å². The molecule has 1 aliphatic heterocycles. The van der Waals surface area contributed by atoms with Gasteiger partial charge in [0.05, 0.1) is 10.4 Å². The molecule has 33 heavy (non-hydrogen) atoms. The van der Waals surface area contributed by atoms with Crippen LogP contribution in [0.5, 0.6) is 0 Å². The lowest BCUT2D eigenvalue weighted by molar-refractivity contribution is 0.0628. The predicted octanol–water partition coefficient (Wildman–Crippen LogP) is 2.88. The van der Waals surface area contributed by atoms with E-state index in [4.69, 9.17) is 0 Å². The third kappa shape index (κ3) is 5.08. The molecular formula is C25H28N4O3S. The smallest absolute Gasteiger partial charge is 0.253 e. The summed E-state index contributed by atoms with van der Waals surface area (Å²) in [5, 5.41) is 1.13. The number of fused-ring (bicyclic) bond motifs is 1. The molecule has 2 fully saturated rings. The Bertz CT molecular complexity index is 1260. The third-order valence-electron chi connectivity index (χ3n) is 6.42. The molecule has 0 bridgehead atoms. The molecule has 172 valence electrons. The highest BCUT2D eigenvalue weighted by Crippen LogP contribution is 2.28. The van der Waals surface area contributed by atoms with E-state index < -0.39 is 10.0 Å². The Hall–Kier alpha value is -2.81. The monoisotopic (exact) mass is 464 g/mol. The van der Waals surface area contributed by atoms with E-state index in [1.165, 1.54) is 11.6 Å². The number of sulfonamides is 1. The molecule has 8 heteroatoms. The number of carbonyl (C=O) groups is 1. The lowest BCUT2D eigenvalue weighted by Crippen LogP contribution is -2.48. The maximum atomic E-state index is 13.1. The summed E-state index contributed by atoms with van der Waals surface area (Å²) in [6, 6.07) is 16.6. The van der Waals surface area contributed by atoms with Gasteiger partial charge in [0.2, 0.25) is 10.0 Å². The number of nitrogens with zero attached hydrogens (tertiary/aromatic N) is 3. The molecule has 0 atom stereocenters. The second-order valence-electron chi connectivity index (χ2n) is 8.88. The van der Waals surface area contributed by atoms with Gasteiger partial charge < -0.3 is 4.90 Å². The van der Waals surface area contributed by atoms with Crippen LogP contribution in [0.4, 0.5) is 0 Å². The van der Waals surface area contributed by atoms with Gasteiger partial charge in [0.25, 0.3) is 5.91 Å². The minimum absolute atomic E-state index is 0.124. The van der Waals surface area contributed by atoms with Crippen molar-refractivity contribution in [3.63, 3.8) is 0 Å². The molecule has 1 aliphatic carbocycles. The van der Waals surface area contributed by atoms with Crippen molar-refractivity contribution >= 4 is 26.8 Å². The number of hydrogen-bond donors (Lipinski definition) is 1. The molecule has 1 amide bonds. The van der Waals surface area contributed by atoms with Crippen LogP contribution in [0.3, 0.4) is 0 Å². The average molecular weight is 465 g/mol. The number of benzene rings is 2. The Labute approximate surface area is 194 Å². The highest BCUT2D eigenvalue weighted by Gasteiger charge is 2.26. The highest BCUT2D eigenvalue weighted by atomic mass is 32.2. The van der Waals surface area contributed by atoms with E-state index in [1.54, 1.807) is 23.1 Å². The lowest BCUT2D eigenvalue weighted by Gasteiger charge is -2.35. The van der Waals surface area contributed by atoms with E-state index in [9.17, 15) is 13.2 Å². The largest absolute Gasteiger partial charge is 0.336 e.